The maximum Gasteiger partial charge on any atom is 0.0540 e. The van der Waals surface area contributed by atoms with E-state index in [0.29, 0.717) is 0 Å². The van der Waals surface area contributed by atoms with Crippen LogP contribution in [0.25, 0.3) is 86.2 Å². The van der Waals surface area contributed by atoms with Gasteiger partial charge in [-0.2, -0.15) is 0 Å². The molecule has 0 spiro atoms. The second kappa shape index (κ2) is 14.4. The molecule has 1 nitrogen and oxygen atoms in total. The zero-order chi connectivity index (χ0) is 38.4. The van der Waals surface area contributed by atoms with Gasteiger partial charge in [0.05, 0.1) is 5.69 Å². The molecule has 0 radical (unpaired) electrons. The fraction of sp³-hybridized carbons (Fsp3) is 0. The molecule has 0 saturated heterocycles. The van der Waals surface area contributed by atoms with Gasteiger partial charge in [-0.25, -0.2) is 0 Å². The monoisotopic (exact) mass is 755 g/mol. The van der Waals surface area contributed by atoms with Crippen molar-refractivity contribution in [3.63, 3.8) is 0 Å². The Morgan fingerprint density at radius 3 is 1.55 bits per heavy atom. The lowest BCUT2D eigenvalue weighted by Gasteiger charge is -2.28. The van der Waals surface area contributed by atoms with E-state index in [-0.39, 0.29) is 0 Å². The molecular weight excluding hydrogens is 719 g/mol. The molecule has 0 unspecified atom stereocenters. The molecule has 10 aromatic carbocycles. The minimum atomic E-state index is 1.10. The lowest BCUT2D eigenvalue weighted by Crippen LogP contribution is -2.11. The molecule has 1 aromatic heterocycles. The van der Waals surface area contributed by atoms with Gasteiger partial charge in [-0.1, -0.05) is 170 Å². The van der Waals surface area contributed by atoms with Crippen molar-refractivity contribution in [2.75, 3.05) is 4.90 Å². The topological polar surface area (TPSA) is 3.24 Å². The zero-order valence-corrected chi connectivity index (χ0v) is 32.5. The molecule has 0 aliphatic heterocycles. The number of hydrogen-bond donors (Lipinski definition) is 0. The predicted octanol–water partition coefficient (Wildman–Crippen LogP) is 16.5. The summed E-state index contributed by atoms with van der Waals surface area (Å²) in [5.74, 6) is 0. The number of benzene rings is 10. The van der Waals surface area contributed by atoms with E-state index in [1.54, 1.807) is 0 Å². The van der Waals surface area contributed by atoms with Crippen LogP contribution in [0, 0.1) is 0 Å². The van der Waals surface area contributed by atoms with Crippen molar-refractivity contribution in [3.05, 3.63) is 224 Å². The molecule has 0 atom stereocenters. The van der Waals surface area contributed by atoms with Crippen LogP contribution in [0.15, 0.2) is 224 Å². The molecule has 272 valence electrons. The highest BCUT2D eigenvalue weighted by Crippen LogP contribution is 2.44. The fourth-order valence-corrected chi connectivity index (χ4v) is 9.72. The maximum absolute atomic E-state index is 2.41. The molecule has 0 saturated carbocycles. The van der Waals surface area contributed by atoms with Gasteiger partial charge in [0, 0.05) is 37.1 Å². The summed E-state index contributed by atoms with van der Waals surface area (Å²) in [7, 11) is 0. The van der Waals surface area contributed by atoms with Crippen molar-refractivity contribution in [3.8, 4) is 44.5 Å². The van der Waals surface area contributed by atoms with E-state index in [9.17, 15) is 0 Å². The Kier molecular flexibility index (Phi) is 8.42. The van der Waals surface area contributed by atoms with Crippen molar-refractivity contribution < 1.29 is 0 Å². The normalized spacial score (nSPS) is 11.4. The first-order valence-corrected chi connectivity index (χ1v) is 20.6. The fourth-order valence-electron chi connectivity index (χ4n) is 8.63. The van der Waals surface area contributed by atoms with Crippen molar-refractivity contribution in [1.82, 2.24) is 0 Å². The molecule has 0 fully saturated rings. The minimum absolute atomic E-state index is 1.10. The Labute approximate surface area is 342 Å². The summed E-state index contributed by atoms with van der Waals surface area (Å²) in [6, 6.07) is 82.0. The summed E-state index contributed by atoms with van der Waals surface area (Å²) in [6.45, 7) is 0. The Morgan fingerprint density at radius 1 is 0.276 bits per heavy atom. The number of anilines is 3. The Morgan fingerprint density at radius 2 is 0.776 bits per heavy atom. The highest BCUT2D eigenvalue weighted by atomic mass is 32.1. The van der Waals surface area contributed by atoms with Gasteiger partial charge in [-0.15, -0.1) is 11.3 Å². The molecule has 0 amide bonds. The second-order valence-electron chi connectivity index (χ2n) is 14.9. The average molecular weight is 756 g/mol. The van der Waals surface area contributed by atoms with E-state index in [2.05, 4.69) is 229 Å². The van der Waals surface area contributed by atoms with Crippen LogP contribution >= 0.6 is 11.3 Å². The average Bonchev–Trinajstić information content (AvgIpc) is 3.67. The van der Waals surface area contributed by atoms with Gasteiger partial charge in [0.15, 0.2) is 0 Å². The summed E-state index contributed by atoms with van der Waals surface area (Å²) in [5.41, 5.74) is 13.0. The van der Waals surface area contributed by atoms with Crippen LogP contribution in [0.5, 0.6) is 0 Å². The van der Waals surface area contributed by atoms with Crippen LogP contribution in [0.4, 0.5) is 17.1 Å². The second-order valence-corrected chi connectivity index (χ2v) is 16.0. The van der Waals surface area contributed by atoms with Gasteiger partial charge in [-0.3, -0.25) is 0 Å². The van der Waals surface area contributed by atoms with Gasteiger partial charge in [0.25, 0.3) is 0 Å². The third kappa shape index (κ3) is 6.03. The summed E-state index contributed by atoms with van der Waals surface area (Å²) < 4.78 is 2.63. The molecule has 11 aromatic rings. The molecule has 0 N–H and O–H groups in total. The number of nitrogens with zero attached hydrogens (tertiary/aromatic N) is 1. The van der Waals surface area contributed by atoms with Crippen LogP contribution in [-0.2, 0) is 0 Å². The van der Waals surface area contributed by atoms with Crippen LogP contribution in [0.1, 0.15) is 0 Å². The summed E-state index contributed by atoms with van der Waals surface area (Å²) in [6.07, 6.45) is 0. The first-order chi connectivity index (χ1) is 28.7. The van der Waals surface area contributed by atoms with Crippen molar-refractivity contribution in [2.24, 2.45) is 0 Å². The number of fused-ring (bicyclic) bond motifs is 5. The van der Waals surface area contributed by atoms with Crippen LogP contribution in [-0.4, -0.2) is 0 Å². The highest BCUT2D eigenvalue weighted by Gasteiger charge is 2.19. The number of thiophene rings is 1. The molecule has 1 heterocycles. The van der Waals surface area contributed by atoms with E-state index in [0.717, 1.165) is 17.1 Å². The van der Waals surface area contributed by atoms with E-state index in [1.165, 1.54) is 86.2 Å². The van der Waals surface area contributed by atoms with Crippen molar-refractivity contribution >= 4 is 70.1 Å². The highest BCUT2D eigenvalue weighted by molar-refractivity contribution is 7.25. The third-order valence-corrected chi connectivity index (χ3v) is 12.6. The van der Waals surface area contributed by atoms with E-state index in [1.807, 2.05) is 11.3 Å². The SMILES string of the molecule is c1ccc(-c2ccc3ccccc3c2)c(-c2ccc(N(c3ccc(-c4cccc5ccccc45)cc3)c3ccccc3-c3ccc4sc5ccccc5c4c3)cc2)c1. The van der Waals surface area contributed by atoms with Crippen LogP contribution in [0.2, 0.25) is 0 Å². The van der Waals surface area contributed by atoms with E-state index < -0.39 is 0 Å². The summed E-state index contributed by atoms with van der Waals surface area (Å²) in [4.78, 5) is 2.41. The van der Waals surface area contributed by atoms with E-state index >= 15 is 0 Å². The van der Waals surface area contributed by atoms with Gasteiger partial charge < -0.3 is 4.90 Å². The minimum Gasteiger partial charge on any atom is -0.310 e. The summed E-state index contributed by atoms with van der Waals surface area (Å²) >= 11 is 1.86. The molecule has 0 aliphatic carbocycles. The van der Waals surface area contributed by atoms with Gasteiger partial charge in [0.1, 0.15) is 0 Å². The lowest BCUT2D eigenvalue weighted by molar-refractivity contribution is 1.28. The number of hydrogen-bond acceptors (Lipinski definition) is 2. The standard InChI is InChI=1S/C56H37NS/c1-2-14-42-36-43(25-24-38(42)12-1)50-18-6-5-17-48(50)40-26-31-45(32-27-40)57(46-33-28-41(29-34-46)49-21-11-15-39-13-3-4-16-47(39)49)54-22-9-7-19-51(54)44-30-35-56-53(37-44)52-20-8-10-23-55(52)58-56/h1-37H. The van der Waals surface area contributed by atoms with Crippen LogP contribution in [0.3, 0.4) is 0 Å². The smallest absolute Gasteiger partial charge is 0.0540 e. The third-order valence-electron chi connectivity index (χ3n) is 11.5. The number of rotatable bonds is 7. The summed E-state index contributed by atoms with van der Waals surface area (Å²) in [5, 5.41) is 7.61. The Balaban J connectivity index is 1.04. The molecule has 0 aliphatic rings. The molecular formula is C56H37NS. The quantitative estimate of drug-likeness (QED) is 0.157. The lowest BCUT2D eigenvalue weighted by atomic mass is 9.93. The Hall–Kier alpha value is -7.26. The zero-order valence-electron chi connectivity index (χ0n) is 31.7. The van der Waals surface area contributed by atoms with Gasteiger partial charge >= 0.3 is 0 Å². The molecule has 58 heavy (non-hydrogen) atoms. The maximum atomic E-state index is 2.41. The Bertz CT molecular complexity index is 3280. The van der Waals surface area contributed by atoms with E-state index in [4.69, 9.17) is 0 Å². The molecule has 2 heteroatoms. The predicted molar refractivity (Wildman–Crippen MR) is 251 cm³/mol. The first kappa shape index (κ1) is 34.0. The molecule has 11 rings (SSSR count). The van der Waals surface area contributed by atoms with Crippen molar-refractivity contribution in [2.45, 2.75) is 0 Å². The number of para-hydroxylation sites is 1. The molecule has 0 bridgehead atoms. The van der Waals surface area contributed by atoms with Gasteiger partial charge in [0.2, 0.25) is 0 Å². The largest absolute Gasteiger partial charge is 0.310 e. The first-order valence-electron chi connectivity index (χ1n) is 19.8. The van der Waals surface area contributed by atoms with Crippen molar-refractivity contribution in [1.29, 1.82) is 0 Å². The van der Waals surface area contributed by atoms with Crippen LogP contribution < -0.4 is 4.90 Å². The van der Waals surface area contributed by atoms with Gasteiger partial charge in [-0.05, 0) is 115 Å².